The number of ether oxygens (including phenoxy) is 3. The minimum absolute atomic E-state index is 0.283. The van der Waals surface area contributed by atoms with Crippen molar-refractivity contribution < 1.29 is 34.0 Å². The van der Waals surface area contributed by atoms with E-state index in [4.69, 9.17) is 14.2 Å². The molecule has 0 aromatic heterocycles. The first-order valence-corrected chi connectivity index (χ1v) is 8.06. The molecular weight excluding hydrogens is 340 g/mol. The maximum absolute atomic E-state index is 12.1. The van der Waals surface area contributed by atoms with E-state index < -0.39 is 36.5 Å². The minimum atomic E-state index is -1.52. The Bertz CT molecular complexity index is 747. The second-order valence-corrected chi connectivity index (χ2v) is 5.76. The van der Waals surface area contributed by atoms with E-state index in [1.165, 1.54) is 0 Å². The SMILES string of the molecule is O=C(OC[C@H]1O[C@H](O)[C@@H](OC(=O)c2ccccc2)[C@@H]1O)c1ccccc1. The zero-order valence-corrected chi connectivity index (χ0v) is 13.7. The van der Waals surface area contributed by atoms with Gasteiger partial charge in [0.15, 0.2) is 12.4 Å². The summed E-state index contributed by atoms with van der Waals surface area (Å²) in [5, 5.41) is 20.2. The number of hydrogen-bond donors (Lipinski definition) is 2. The van der Waals surface area contributed by atoms with Crippen LogP contribution in [0.3, 0.4) is 0 Å². The molecule has 4 atom stereocenters. The van der Waals surface area contributed by atoms with Crippen LogP contribution >= 0.6 is 0 Å². The van der Waals surface area contributed by atoms with E-state index >= 15 is 0 Å². The van der Waals surface area contributed by atoms with Gasteiger partial charge in [0.1, 0.15) is 18.8 Å². The largest absolute Gasteiger partial charge is 0.459 e. The van der Waals surface area contributed by atoms with E-state index in [2.05, 4.69) is 0 Å². The molecule has 1 aliphatic rings. The van der Waals surface area contributed by atoms with Crippen LogP contribution in [0, 0.1) is 0 Å². The van der Waals surface area contributed by atoms with E-state index in [0.717, 1.165) is 0 Å². The highest BCUT2D eigenvalue weighted by Crippen LogP contribution is 2.24. The van der Waals surface area contributed by atoms with Crippen LogP contribution in [-0.4, -0.2) is 53.4 Å². The summed E-state index contributed by atoms with van der Waals surface area (Å²) in [5.74, 6) is -1.28. The van der Waals surface area contributed by atoms with Crippen LogP contribution in [0.5, 0.6) is 0 Å². The molecule has 2 aromatic rings. The molecule has 26 heavy (non-hydrogen) atoms. The van der Waals surface area contributed by atoms with Gasteiger partial charge in [-0.2, -0.15) is 0 Å². The Labute approximate surface area is 149 Å². The molecule has 0 bridgehead atoms. The number of aliphatic hydroxyl groups excluding tert-OH is 2. The predicted octanol–water partition coefficient (Wildman–Crippen LogP) is 1.15. The molecule has 0 radical (unpaired) electrons. The summed E-state index contributed by atoms with van der Waals surface area (Å²) in [5.41, 5.74) is 0.637. The Hall–Kier alpha value is -2.74. The Balaban J connectivity index is 1.56. The smallest absolute Gasteiger partial charge is 0.338 e. The number of carbonyl (C=O) groups excluding carboxylic acids is 2. The van der Waals surface area contributed by atoms with Gasteiger partial charge in [-0.25, -0.2) is 9.59 Å². The summed E-state index contributed by atoms with van der Waals surface area (Å²) in [6.45, 7) is -0.286. The topological polar surface area (TPSA) is 102 Å². The van der Waals surface area contributed by atoms with Gasteiger partial charge in [-0.15, -0.1) is 0 Å². The number of benzene rings is 2. The van der Waals surface area contributed by atoms with E-state index in [1.807, 2.05) is 0 Å². The standard InChI is InChI=1S/C19H18O7/c20-15-14(11-24-17(21)12-7-3-1-4-8-12)25-19(23)16(15)26-18(22)13-9-5-2-6-10-13/h1-10,14-16,19-20,23H,11H2/t14-,15-,16+,19+/m1/s1. The molecule has 0 unspecified atom stereocenters. The average Bonchev–Trinajstić information content (AvgIpc) is 2.95. The molecule has 2 aromatic carbocycles. The summed E-state index contributed by atoms with van der Waals surface area (Å²) in [6, 6.07) is 16.5. The Kier molecular flexibility index (Phi) is 5.62. The lowest BCUT2D eigenvalue weighted by Gasteiger charge is -2.18. The molecule has 3 rings (SSSR count). The van der Waals surface area contributed by atoms with Crippen molar-refractivity contribution in [3.63, 3.8) is 0 Å². The summed E-state index contributed by atoms with van der Waals surface area (Å²) < 4.78 is 15.4. The van der Waals surface area contributed by atoms with Crippen molar-refractivity contribution >= 4 is 11.9 Å². The maximum Gasteiger partial charge on any atom is 0.338 e. The summed E-state index contributed by atoms with van der Waals surface area (Å²) in [4.78, 5) is 24.0. The highest BCUT2D eigenvalue weighted by molar-refractivity contribution is 5.89. The van der Waals surface area contributed by atoms with Gasteiger partial charge in [0.05, 0.1) is 11.1 Å². The summed E-state index contributed by atoms with van der Waals surface area (Å²) in [7, 11) is 0. The van der Waals surface area contributed by atoms with Crippen LogP contribution in [-0.2, 0) is 14.2 Å². The van der Waals surface area contributed by atoms with E-state index in [9.17, 15) is 19.8 Å². The Morgan fingerprint density at radius 2 is 1.42 bits per heavy atom. The van der Waals surface area contributed by atoms with Crippen LogP contribution in [0.1, 0.15) is 20.7 Å². The van der Waals surface area contributed by atoms with Crippen LogP contribution in [0.15, 0.2) is 60.7 Å². The first-order valence-electron chi connectivity index (χ1n) is 8.06. The number of hydrogen-bond acceptors (Lipinski definition) is 7. The molecule has 0 aliphatic carbocycles. The number of rotatable bonds is 5. The molecule has 2 N–H and O–H groups in total. The second-order valence-electron chi connectivity index (χ2n) is 5.76. The molecule has 1 aliphatic heterocycles. The van der Waals surface area contributed by atoms with E-state index in [1.54, 1.807) is 60.7 Å². The fourth-order valence-corrected chi connectivity index (χ4v) is 2.56. The molecule has 1 saturated heterocycles. The molecule has 0 saturated carbocycles. The van der Waals surface area contributed by atoms with Crippen LogP contribution < -0.4 is 0 Å². The number of carbonyl (C=O) groups is 2. The van der Waals surface area contributed by atoms with Crippen molar-refractivity contribution in [1.29, 1.82) is 0 Å². The van der Waals surface area contributed by atoms with Crippen LogP contribution in [0.25, 0.3) is 0 Å². The van der Waals surface area contributed by atoms with Gasteiger partial charge >= 0.3 is 11.9 Å². The highest BCUT2D eigenvalue weighted by Gasteiger charge is 2.46. The van der Waals surface area contributed by atoms with Gasteiger partial charge in [0.2, 0.25) is 0 Å². The van der Waals surface area contributed by atoms with Gasteiger partial charge < -0.3 is 24.4 Å². The van der Waals surface area contributed by atoms with Crippen molar-refractivity contribution in [2.75, 3.05) is 6.61 Å². The van der Waals surface area contributed by atoms with Crippen LogP contribution in [0.4, 0.5) is 0 Å². The molecule has 7 heteroatoms. The average molecular weight is 358 g/mol. The maximum atomic E-state index is 12.1. The second kappa shape index (κ2) is 8.09. The van der Waals surface area contributed by atoms with E-state index in [-0.39, 0.29) is 12.2 Å². The molecule has 0 spiro atoms. The predicted molar refractivity (Wildman–Crippen MR) is 89.3 cm³/mol. The van der Waals surface area contributed by atoms with Crippen molar-refractivity contribution in [3.05, 3.63) is 71.8 Å². The number of aliphatic hydroxyl groups is 2. The van der Waals surface area contributed by atoms with Gasteiger partial charge in [0.25, 0.3) is 0 Å². The molecule has 0 amide bonds. The monoisotopic (exact) mass is 358 g/mol. The third-order valence-electron chi connectivity index (χ3n) is 3.95. The highest BCUT2D eigenvalue weighted by atomic mass is 16.7. The fourth-order valence-electron chi connectivity index (χ4n) is 2.56. The van der Waals surface area contributed by atoms with Crippen molar-refractivity contribution in [1.82, 2.24) is 0 Å². The number of esters is 2. The lowest BCUT2D eigenvalue weighted by Crippen LogP contribution is -2.38. The quantitative estimate of drug-likeness (QED) is 0.773. The molecule has 1 fully saturated rings. The third-order valence-corrected chi connectivity index (χ3v) is 3.95. The third kappa shape index (κ3) is 4.08. The zero-order chi connectivity index (χ0) is 18.5. The molecule has 136 valence electrons. The lowest BCUT2D eigenvalue weighted by atomic mass is 10.1. The van der Waals surface area contributed by atoms with Gasteiger partial charge in [-0.1, -0.05) is 36.4 Å². The van der Waals surface area contributed by atoms with E-state index in [0.29, 0.717) is 5.56 Å². The summed E-state index contributed by atoms with van der Waals surface area (Å²) in [6.07, 6.45) is -5.13. The van der Waals surface area contributed by atoms with Crippen molar-refractivity contribution in [2.45, 2.75) is 24.6 Å². The van der Waals surface area contributed by atoms with Crippen molar-refractivity contribution in [2.24, 2.45) is 0 Å². The van der Waals surface area contributed by atoms with Crippen molar-refractivity contribution in [3.8, 4) is 0 Å². The summed E-state index contributed by atoms with van der Waals surface area (Å²) >= 11 is 0. The molecular formula is C19H18O7. The Morgan fingerprint density at radius 3 is 2.00 bits per heavy atom. The molecule has 7 nitrogen and oxygen atoms in total. The van der Waals surface area contributed by atoms with Gasteiger partial charge in [-0.3, -0.25) is 0 Å². The van der Waals surface area contributed by atoms with Crippen LogP contribution in [0.2, 0.25) is 0 Å². The fraction of sp³-hybridized carbons (Fsp3) is 0.263. The first-order chi connectivity index (χ1) is 12.6. The Morgan fingerprint density at radius 1 is 0.885 bits per heavy atom. The lowest BCUT2D eigenvalue weighted by molar-refractivity contribution is -0.135. The normalized spacial score (nSPS) is 24.8. The van der Waals surface area contributed by atoms with Gasteiger partial charge in [0, 0.05) is 0 Å². The minimum Gasteiger partial charge on any atom is -0.459 e. The zero-order valence-electron chi connectivity index (χ0n) is 13.7. The first kappa shape index (κ1) is 18.1. The molecule has 1 heterocycles. The van der Waals surface area contributed by atoms with Gasteiger partial charge in [-0.05, 0) is 24.3 Å².